The Hall–Kier alpha value is -2.53. The second-order valence-electron chi connectivity index (χ2n) is 6.12. The summed E-state index contributed by atoms with van der Waals surface area (Å²) in [6, 6.07) is 15.4. The van der Waals surface area contributed by atoms with Gasteiger partial charge in [-0.2, -0.15) is 0 Å². The van der Waals surface area contributed by atoms with Crippen LogP contribution in [0.1, 0.15) is 17.2 Å². The predicted octanol–water partition coefficient (Wildman–Crippen LogP) is 6.50. The van der Waals surface area contributed by atoms with Crippen LogP contribution < -0.4 is 5.32 Å². The first-order valence-electron chi connectivity index (χ1n) is 8.44. The molecule has 4 nitrogen and oxygen atoms in total. The highest BCUT2D eigenvalue weighted by Gasteiger charge is 2.25. The van der Waals surface area contributed by atoms with Gasteiger partial charge in [-0.15, -0.1) is 0 Å². The SMILES string of the molecule is Oc1c(C(Nc2ccccn2)c2c(Cl)cccc2Cl)cc(Cl)c2cccnc12. The van der Waals surface area contributed by atoms with Gasteiger partial charge < -0.3 is 10.4 Å². The molecule has 0 fully saturated rings. The van der Waals surface area contributed by atoms with Crippen molar-refractivity contribution in [3.8, 4) is 5.75 Å². The number of phenolic OH excluding ortho intramolecular Hbond substituents is 1. The molecule has 0 aliphatic heterocycles. The van der Waals surface area contributed by atoms with E-state index in [0.717, 1.165) is 0 Å². The van der Waals surface area contributed by atoms with Crippen LogP contribution in [-0.4, -0.2) is 15.1 Å². The Morgan fingerprint density at radius 3 is 2.29 bits per heavy atom. The minimum Gasteiger partial charge on any atom is -0.505 e. The number of hydrogen-bond acceptors (Lipinski definition) is 4. The smallest absolute Gasteiger partial charge is 0.147 e. The molecule has 4 rings (SSSR count). The molecule has 0 bridgehead atoms. The predicted molar refractivity (Wildman–Crippen MR) is 115 cm³/mol. The number of anilines is 1. The van der Waals surface area contributed by atoms with Crippen LogP contribution in [0.25, 0.3) is 10.9 Å². The largest absolute Gasteiger partial charge is 0.505 e. The fourth-order valence-corrected chi connectivity index (χ4v) is 4.00. The van der Waals surface area contributed by atoms with Crippen molar-refractivity contribution < 1.29 is 5.11 Å². The number of aromatic hydroxyl groups is 1. The van der Waals surface area contributed by atoms with E-state index in [4.69, 9.17) is 34.8 Å². The first-order chi connectivity index (χ1) is 13.6. The quantitative estimate of drug-likeness (QED) is 0.388. The van der Waals surface area contributed by atoms with Crippen molar-refractivity contribution in [2.75, 3.05) is 5.32 Å². The Morgan fingerprint density at radius 1 is 0.821 bits per heavy atom. The number of phenols is 1. The van der Waals surface area contributed by atoms with Crippen molar-refractivity contribution in [3.63, 3.8) is 0 Å². The zero-order valence-electron chi connectivity index (χ0n) is 14.4. The summed E-state index contributed by atoms with van der Waals surface area (Å²) in [4.78, 5) is 8.60. The minimum atomic E-state index is -0.597. The average molecular weight is 431 g/mol. The van der Waals surface area contributed by atoms with Gasteiger partial charge in [-0.05, 0) is 42.5 Å². The zero-order valence-corrected chi connectivity index (χ0v) is 16.7. The van der Waals surface area contributed by atoms with Gasteiger partial charge in [0.25, 0.3) is 0 Å². The lowest BCUT2D eigenvalue weighted by molar-refractivity contribution is 0.471. The van der Waals surface area contributed by atoms with E-state index in [0.29, 0.717) is 42.9 Å². The van der Waals surface area contributed by atoms with Gasteiger partial charge in [0.1, 0.15) is 17.1 Å². The molecule has 0 saturated heterocycles. The summed E-state index contributed by atoms with van der Waals surface area (Å²) in [5.41, 5.74) is 1.51. The molecule has 7 heteroatoms. The van der Waals surface area contributed by atoms with E-state index < -0.39 is 6.04 Å². The van der Waals surface area contributed by atoms with Gasteiger partial charge in [0, 0.05) is 39.0 Å². The van der Waals surface area contributed by atoms with Crippen molar-refractivity contribution in [2.24, 2.45) is 0 Å². The van der Waals surface area contributed by atoms with Crippen LogP contribution in [-0.2, 0) is 0 Å². The second-order valence-corrected chi connectivity index (χ2v) is 7.35. The summed E-state index contributed by atoms with van der Waals surface area (Å²) in [5.74, 6) is 0.601. The molecule has 0 aliphatic carbocycles. The molecule has 1 atom stereocenters. The first kappa shape index (κ1) is 18.8. The monoisotopic (exact) mass is 429 g/mol. The third-order valence-corrected chi connectivity index (χ3v) is 5.37. The summed E-state index contributed by atoms with van der Waals surface area (Å²) < 4.78 is 0. The lowest BCUT2D eigenvalue weighted by atomic mass is 9.96. The van der Waals surface area contributed by atoms with Crippen LogP contribution in [0, 0.1) is 0 Å². The average Bonchev–Trinajstić information content (AvgIpc) is 2.71. The van der Waals surface area contributed by atoms with Crippen molar-refractivity contribution in [1.29, 1.82) is 0 Å². The highest BCUT2D eigenvalue weighted by atomic mass is 35.5. The fraction of sp³-hybridized carbons (Fsp3) is 0.0476. The molecule has 0 saturated carbocycles. The van der Waals surface area contributed by atoms with E-state index in [2.05, 4.69) is 15.3 Å². The molecule has 0 aliphatic rings. The molecule has 2 aromatic carbocycles. The van der Waals surface area contributed by atoms with Crippen LogP contribution in [0.15, 0.2) is 67.0 Å². The topological polar surface area (TPSA) is 58.0 Å². The van der Waals surface area contributed by atoms with Gasteiger partial charge in [-0.1, -0.05) is 46.9 Å². The van der Waals surface area contributed by atoms with Crippen LogP contribution in [0.5, 0.6) is 5.75 Å². The molecule has 140 valence electrons. The van der Waals surface area contributed by atoms with Crippen molar-refractivity contribution in [2.45, 2.75) is 6.04 Å². The summed E-state index contributed by atoms with van der Waals surface area (Å²) in [6.07, 6.45) is 3.27. The molecule has 4 aromatic rings. The molecule has 0 radical (unpaired) electrons. The number of nitrogens with zero attached hydrogens (tertiary/aromatic N) is 2. The lowest BCUT2D eigenvalue weighted by Crippen LogP contribution is -2.15. The highest BCUT2D eigenvalue weighted by molar-refractivity contribution is 6.36. The van der Waals surface area contributed by atoms with Crippen molar-refractivity contribution in [1.82, 2.24) is 9.97 Å². The van der Waals surface area contributed by atoms with E-state index >= 15 is 0 Å². The van der Waals surface area contributed by atoms with Gasteiger partial charge >= 0.3 is 0 Å². The number of fused-ring (bicyclic) bond motifs is 1. The maximum absolute atomic E-state index is 11.0. The van der Waals surface area contributed by atoms with Gasteiger partial charge in [-0.3, -0.25) is 4.98 Å². The summed E-state index contributed by atoms with van der Waals surface area (Å²) >= 11 is 19.4. The molecule has 0 amide bonds. The third-order valence-electron chi connectivity index (χ3n) is 4.40. The Kier molecular flexibility index (Phi) is 5.27. The molecule has 2 heterocycles. The summed E-state index contributed by atoms with van der Waals surface area (Å²) in [5, 5.41) is 16.3. The maximum atomic E-state index is 11.0. The number of nitrogens with one attached hydrogen (secondary N) is 1. The number of halogens is 3. The number of aromatic nitrogens is 2. The van der Waals surface area contributed by atoms with Crippen LogP contribution >= 0.6 is 34.8 Å². The number of benzene rings is 2. The zero-order chi connectivity index (χ0) is 19.7. The van der Waals surface area contributed by atoms with E-state index in [1.165, 1.54) is 0 Å². The van der Waals surface area contributed by atoms with Crippen LogP contribution in [0.4, 0.5) is 5.82 Å². The first-order valence-corrected chi connectivity index (χ1v) is 9.57. The number of rotatable bonds is 4. The van der Waals surface area contributed by atoms with E-state index in [1.807, 2.05) is 18.2 Å². The van der Waals surface area contributed by atoms with E-state index in [-0.39, 0.29) is 5.75 Å². The Labute approximate surface area is 176 Å². The standard InChI is InChI=1S/C21H14Cl3N3O/c22-14-6-3-7-15(23)18(14)19(27-17-8-1-2-9-25-17)13-11-16(24)12-5-4-10-26-20(12)21(13)28/h1-11,19,28H,(H,25,27). The maximum Gasteiger partial charge on any atom is 0.147 e. The van der Waals surface area contributed by atoms with Crippen molar-refractivity contribution in [3.05, 3.63) is 93.2 Å². The summed E-state index contributed by atoms with van der Waals surface area (Å²) in [7, 11) is 0. The van der Waals surface area contributed by atoms with Gasteiger partial charge in [0.2, 0.25) is 0 Å². The number of hydrogen-bond donors (Lipinski definition) is 2. The van der Waals surface area contributed by atoms with Gasteiger partial charge in [0.05, 0.1) is 11.1 Å². The molecule has 0 spiro atoms. The molecule has 2 N–H and O–H groups in total. The Bertz CT molecular complexity index is 1130. The van der Waals surface area contributed by atoms with Crippen molar-refractivity contribution >= 4 is 51.5 Å². The Balaban J connectivity index is 1.96. The molecule has 1 unspecified atom stereocenters. The lowest BCUT2D eigenvalue weighted by Gasteiger charge is -2.24. The van der Waals surface area contributed by atoms with Gasteiger partial charge in [0.15, 0.2) is 0 Å². The normalized spacial score (nSPS) is 12.1. The van der Waals surface area contributed by atoms with Gasteiger partial charge in [-0.25, -0.2) is 4.98 Å². The second kappa shape index (κ2) is 7.84. The molecular weight excluding hydrogens is 417 g/mol. The molecular formula is C21H14Cl3N3O. The van der Waals surface area contributed by atoms with E-state index in [1.54, 1.807) is 48.8 Å². The minimum absolute atomic E-state index is 0.00409. The van der Waals surface area contributed by atoms with Crippen LogP contribution in [0.2, 0.25) is 15.1 Å². The summed E-state index contributed by atoms with van der Waals surface area (Å²) in [6.45, 7) is 0. The fourth-order valence-electron chi connectivity index (χ4n) is 3.11. The van der Waals surface area contributed by atoms with Crippen LogP contribution in [0.3, 0.4) is 0 Å². The highest BCUT2D eigenvalue weighted by Crippen LogP contribution is 2.43. The molecule has 28 heavy (non-hydrogen) atoms. The van der Waals surface area contributed by atoms with E-state index in [9.17, 15) is 5.11 Å². The molecule has 2 aromatic heterocycles. The number of pyridine rings is 2. The third kappa shape index (κ3) is 3.47. The Morgan fingerprint density at radius 2 is 1.57 bits per heavy atom.